The predicted molar refractivity (Wildman–Crippen MR) is 75.9 cm³/mol. The molecular weight excluding hydrogens is 305 g/mol. The molecule has 0 rings (SSSR count). The lowest BCUT2D eigenvalue weighted by atomic mass is 10.1. The van der Waals surface area contributed by atoms with E-state index >= 15 is 0 Å². The second kappa shape index (κ2) is 12.0. The molecule has 0 radical (unpaired) electrons. The van der Waals surface area contributed by atoms with E-state index in [9.17, 15) is 0 Å². The third kappa shape index (κ3) is 14.0. The van der Waals surface area contributed by atoms with Crippen LogP contribution in [0, 0.1) is 5.92 Å². The van der Waals surface area contributed by atoms with Crippen LogP contribution in [0.4, 0.5) is 0 Å². The molecule has 0 saturated heterocycles. The van der Waals surface area contributed by atoms with E-state index in [0.717, 1.165) is 32.5 Å². The Balaban J connectivity index is 0. The molecule has 0 aromatic rings. The first-order valence-electron chi connectivity index (χ1n) is 5.19. The molecule has 0 aliphatic carbocycles. The summed E-state index contributed by atoms with van der Waals surface area (Å²) >= 11 is 0. The van der Waals surface area contributed by atoms with Gasteiger partial charge in [-0.15, -0.1) is 24.0 Å². The fourth-order valence-corrected chi connectivity index (χ4v) is 0.953. The number of halogens is 1. The Morgan fingerprint density at radius 2 is 2.13 bits per heavy atom. The summed E-state index contributed by atoms with van der Waals surface area (Å²) in [7, 11) is 1.69. The number of guanidine groups is 1. The van der Waals surface area contributed by atoms with E-state index < -0.39 is 0 Å². The zero-order chi connectivity index (χ0) is 10.8. The van der Waals surface area contributed by atoms with Crippen LogP contribution in [0.1, 0.15) is 26.7 Å². The summed E-state index contributed by atoms with van der Waals surface area (Å²) in [4.78, 5) is 4.16. The fourth-order valence-electron chi connectivity index (χ4n) is 0.953. The van der Waals surface area contributed by atoms with Crippen LogP contribution in [0.25, 0.3) is 0 Å². The van der Waals surface area contributed by atoms with E-state index in [-0.39, 0.29) is 24.0 Å². The highest BCUT2D eigenvalue weighted by atomic mass is 127. The molecule has 0 bridgehead atoms. The minimum absolute atomic E-state index is 0. The quantitative estimate of drug-likeness (QED) is 0.323. The first-order valence-corrected chi connectivity index (χ1v) is 5.19. The van der Waals surface area contributed by atoms with Crippen molar-refractivity contribution >= 4 is 29.9 Å². The summed E-state index contributed by atoms with van der Waals surface area (Å²) < 4.78 is 4.91. The van der Waals surface area contributed by atoms with Crippen LogP contribution in [-0.4, -0.2) is 32.8 Å². The maximum absolute atomic E-state index is 5.64. The third-order valence-electron chi connectivity index (χ3n) is 1.82. The van der Waals surface area contributed by atoms with Crippen LogP contribution < -0.4 is 11.1 Å². The van der Waals surface area contributed by atoms with E-state index in [1.165, 1.54) is 0 Å². The molecule has 0 aromatic carbocycles. The highest BCUT2D eigenvalue weighted by Gasteiger charge is 1.94. The van der Waals surface area contributed by atoms with Gasteiger partial charge in [0.25, 0.3) is 0 Å². The van der Waals surface area contributed by atoms with Gasteiger partial charge in [0.2, 0.25) is 0 Å². The van der Waals surface area contributed by atoms with Crippen molar-refractivity contribution in [3.8, 4) is 0 Å². The van der Waals surface area contributed by atoms with Gasteiger partial charge in [0.15, 0.2) is 5.96 Å². The number of ether oxygens (including phenoxy) is 1. The Labute approximate surface area is 110 Å². The van der Waals surface area contributed by atoms with Crippen molar-refractivity contribution in [3.05, 3.63) is 0 Å². The van der Waals surface area contributed by atoms with Gasteiger partial charge in [-0.2, -0.15) is 0 Å². The normalized spacial score (nSPS) is 11.3. The summed E-state index contributed by atoms with van der Waals surface area (Å²) in [5.41, 5.74) is 5.64. The molecule has 0 aliphatic heterocycles. The number of nitrogens with one attached hydrogen (secondary N) is 1. The van der Waals surface area contributed by atoms with Gasteiger partial charge in [-0.05, 0) is 18.8 Å². The highest BCUT2D eigenvalue weighted by molar-refractivity contribution is 14.0. The second-order valence-corrected chi connectivity index (χ2v) is 3.72. The van der Waals surface area contributed by atoms with Crippen LogP contribution in [-0.2, 0) is 4.74 Å². The second-order valence-electron chi connectivity index (χ2n) is 3.72. The molecule has 0 aromatic heterocycles. The van der Waals surface area contributed by atoms with Gasteiger partial charge in [-0.1, -0.05) is 13.8 Å². The van der Waals surface area contributed by atoms with E-state index in [4.69, 9.17) is 10.5 Å². The Morgan fingerprint density at radius 1 is 1.47 bits per heavy atom. The monoisotopic (exact) mass is 329 g/mol. The summed E-state index contributed by atoms with van der Waals surface area (Å²) in [6, 6.07) is 0. The maximum Gasteiger partial charge on any atom is 0.188 e. The van der Waals surface area contributed by atoms with Crippen LogP contribution >= 0.6 is 24.0 Å². The van der Waals surface area contributed by atoms with Crippen molar-refractivity contribution < 1.29 is 4.74 Å². The lowest BCUT2D eigenvalue weighted by Gasteiger charge is -2.07. The van der Waals surface area contributed by atoms with Gasteiger partial charge in [0.05, 0.1) is 0 Å². The van der Waals surface area contributed by atoms with Crippen molar-refractivity contribution in [1.82, 2.24) is 5.32 Å². The van der Waals surface area contributed by atoms with Gasteiger partial charge in [-0.3, -0.25) is 4.99 Å². The average Bonchev–Trinajstić information content (AvgIpc) is 2.12. The van der Waals surface area contributed by atoms with Gasteiger partial charge in [-0.25, -0.2) is 0 Å². The van der Waals surface area contributed by atoms with Gasteiger partial charge < -0.3 is 15.8 Å². The number of hydrogen-bond donors (Lipinski definition) is 2. The largest absolute Gasteiger partial charge is 0.385 e. The Morgan fingerprint density at radius 3 is 2.67 bits per heavy atom. The molecule has 3 N–H and O–H groups in total. The minimum Gasteiger partial charge on any atom is -0.385 e. The van der Waals surface area contributed by atoms with Gasteiger partial charge in [0, 0.05) is 26.8 Å². The average molecular weight is 329 g/mol. The molecule has 0 amide bonds. The standard InChI is InChI=1S/C10H23N3O.HI/c1-9(2)5-7-13-10(11)12-6-4-8-14-3;/h9H,4-8H2,1-3H3,(H3,11,12,13);1H. The Kier molecular flexibility index (Phi) is 13.9. The molecule has 0 heterocycles. The molecule has 0 spiro atoms. The van der Waals surface area contributed by atoms with Crippen LogP contribution in [0.15, 0.2) is 4.99 Å². The maximum atomic E-state index is 5.64. The highest BCUT2D eigenvalue weighted by Crippen LogP contribution is 1.95. The zero-order valence-electron chi connectivity index (χ0n) is 9.95. The smallest absolute Gasteiger partial charge is 0.188 e. The molecule has 92 valence electrons. The lowest BCUT2D eigenvalue weighted by Crippen LogP contribution is -2.33. The van der Waals surface area contributed by atoms with E-state index in [1.54, 1.807) is 7.11 Å². The van der Waals surface area contributed by atoms with Crippen molar-refractivity contribution in [2.24, 2.45) is 16.6 Å². The first kappa shape index (κ1) is 17.4. The molecule has 4 nitrogen and oxygen atoms in total. The summed E-state index contributed by atoms with van der Waals surface area (Å²) in [6.07, 6.45) is 2.04. The molecule has 0 fully saturated rings. The van der Waals surface area contributed by atoms with E-state index in [1.807, 2.05) is 0 Å². The van der Waals surface area contributed by atoms with Crippen molar-refractivity contribution in [3.63, 3.8) is 0 Å². The molecular formula is C10H24IN3O. The summed E-state index contributed by atoms with van der Waals surface area (Å²) in [5, 5.41) is 3.08. The molecule has 15 heavy (non-hydrogen) atoms. The van der Waals surface area contributed by atoms with Crippen molar-refractivity contribution in [1.29, 1.82) is 0 Å². The fraction of sp³-hybridized carbons (Fsp3) is 0.900. The Bertz CT molecular complexity index is 163. The molecule has 5 heteroatoms. The SMILES string of the molecule is COCCCN=C(N)NCCC(C)C.I. The zero-order valence-corrected chi connectivity index (χ0v) is 12.3. The Hall–Kier alpha value is -0.0400. The van der Waals surface area contributed by atoms with Crippen LogP contribution in [0.5, 0.6) is 0 Å². The number of aliphatic imine (C=N–C) groups is 1. The molecule has 0 atom stereocenters. The van der Waals surface area contributed by atoms with E-state index in [2.05, 4.69) is 24.2 Å². The topological polar surface area (TPSA) is 59.6 Å². The van der Waals surface area contributed by atoms with Crippen molar-refractivity contribution in [2.45, 2.75) is 26.7 Å². The number of nitrogens with two attached hydrogens (primary N) is 1. The van der Waals surface area contributed by atoms with Crippen LogP contribution in [0.3, 0.4) is 0 Å². The molecule has 0 unspecified atom stereocenters. The van der Waals surface area contributed by atoms with Gasteiger partial charge in [0.1, 0.15) is 0 Å². The number of methoxy groups -OCH3 is 1. The van der Waals surface area contributed by atoms with Crippen molar-refractivity contribution in [2.75, 3.05) is 26.8 Å². The predicted octanol–water partition coefficient (Wildman–Crippen LogP) is 1.59. The third-order valence-corrected chi connectivity index (χ3v) is 1.82. The van der Waals surface area contributed by atoms with E-state index in [0.29, 0.717) is 11.9 Å². The number of rotatable bonds is 7. The molecule has 0 saturated carbocycles. The number of hydrogen-bond acceptors (Lipinski definition) is 2. The minimum atomic E-state index is 0. The lowest BCUT2D eigenvalue weighted by molar-refractivity contribution is 0.197. The summed E-state index contributed by atoms with van der Waals surface area (Å²) in [6.45, 7) is 6.75. The summed E-state index contributed by atoms with van der Waals surface area (Å²) in [5.74, 6) is 1.24. The van der Waals surface area contributed by atoms with Gasteiger partial charge >= 0.3 is 0 Å². The first-order chi connectivity index (χ1) is 6.66. The van der Waals surface area contributed by atoms with Crippen LogP contribution in [0.2, 0.25) is 0 Å². The molecule has 0 aliphatic rings. The number of nitrogens with zero attached hydrogens (tertiary/aromatic N) is 1.